The van der Waals surface area contributed by atoms with Gasteiger partial charge in [0.1, 0.15) is 10.8 Å². The molecule has 4 rings (SSSR count). The second-order valence-electron chi connectivity index (χ2n) is 6.63. The Morgan fingerprint density at radius 1 is 0.926 bits per heavy atom. The molecular formula is C22H21N3OS. The van der Waals surface area contributed by atoms with Crippen LogP contribution >= 0.6 is 11.3 Å². The van der Waals surface area contributed by atoms with Crippen LogP contribution in [-0.4, -0.2) is 17.3 Å². The number of fused-ring (bicyclic) bond motifs is 1. The number of aromatic nitrogens is 2. The quantitative estimate of drug-likeness (QED) is 0.471. The van der Waals surface area contributed by atoms with Gasteiger partial charge < -0.3 is 10.1 Å². The molecule has 0 saturated carbocycles. The van der Waals surface area contributed by atoms with Gasteiger partial charge >= 0.3 is 0 Å². The highest BCUT2D eigenvalue weighted by Gasteiger charge is 2.15. The summed E-state index contributed by atoms with van der Waals surface area (Å²) in [5.41, 5.74) is 3.49. The summed E-state index contributed by atoms with van der Waals surface area (Å²) in [6, 6.07) is 20.9. The smallest absolute Gasteiger partial charge is 0.210 e. The highest BCUT2D eigenvalue weighted by Crippen LogP contribution is 2.32. The molecule has 3 aromatic carbocycles. The molecule has 0 fully saturated rings. The van der Waals surface area contributed by atoms with E-state index in [1.165, 1.54) is 21.9 Å². The summed E-state index contributed by atoms with van der Waals surface area (Å²) in [4.78, 5) is 0. The third-order valence-corrected chi connectivity index (χ3v) is 5.71. The second kappa shape index (κ2) is 7.37. The van der Waals surface area contributed by atoms with Crippen LogP contribution in [0.3, 0.4) is 0 Å². The molecule has 1 N–H and O–H groups in total. The number of rotatable bonds is 5. The van der Waals surface area contributed by atoms with Crippen LogP contribution in [0, 0.1) is 6.92 Å². The summed E-state index contributed by atoms with van der Waals surface area (Å²) >= 11 is 1.59. The summed E-state index contributed by atoms with van der Waals surface area (Å²) in [6.45, 7) is 4.25. The first kappa shape index (κ1) is 17.5. The largest absolute Gasteiger partial charge is 0.497 e. The average molecular weight is 375 g/mol. The van der Waals surface area contributed by atoms with Crippen molar-refractivity contribution in [3.8, 4) is 5.75 Å². The molecular weight excluding hydrogens is 354 g/mol. The van der Waals surface area contributed by atoms with Gasteiger partial charge in [-0.2, -0.15) is 0 Å². The first-order chi connectivity index (χ1) is 13.1. The Kier molecular flexibility index (Phi) is 4.77. The van der Waals surface area contributed by atoms with E-state index in [9.17, 15) is 0 Å². The second-order valence-corrected chi connectivity index (χ2v) is 7.64. The first-order valence-corrected chi connectivity index (χ1v) is 9.69. The maximum atomic E-state index is 5.30. The topological polar surface area (TPSA) is 47.0 Å². The summed E-state index contributed by atoms with van der Waals surface area (Å²) in [5, 5.41) is 16.2. The standard InChI is InChI=1S/C22H21N3OS/c1-14-4-9-19(10-5-14)23-22-25-24-21(27-22)15(2)16-6-7-18-13-20(26-3)11-8-17(18)12-16/h4-13,15H,1-3H3,(H,23,25). The Hall–Kier alpha value is -2.92. The fourth-order valence-electron chi connectivity index (χ4n) is 3.00. The zero-order chi connectivity index (χ0) is 18.8. The Morgan fingerprint density at radius 2 is 1.67 bits per heavy atom. The van der Waals surface area contributed by atoms with Gasteiger partial charge in [-0.05, 0) is 47.5 Å². The van der Waals surface area contributed by atoms with E-state index in [1.54, 1.807) is 18.4 Å². The zero-order valence-electron chi connectivity index (χ0n) is 15.6. The molecule has 4 aromatic rings. The van der Waals surface area contributed by atoms with Crippen LogP contribution in [-0.2, 0) is 0 Å². The van der Waals surface area contributed by atoms with Crippen molar-refractivity contribution < 1.29 is 4.74 Å². The third kappa shape index (κ3) is 3.78. The fraction of sp³-hybridized carbons (Fsp3) is 0.182. The lowest BCUT2D eigenvalue weighted by Gasteiger charge is -2.10. The highest BCUT2D eigenvalue weighted by molar-refractivity contribution is 7.15. The molecule has 0 spiro atoms. The lowest BCUT2D eigenvalue weighted by Crippen LogP contribution is -1.95. The summed E-state index contributed by atoms with van der Waals surface area (Å²) in [6.07, 6.45) is 0. The van der Waals surface area contributed by atoms with Crippen LogP contribution in [0.5, 0.6) is 5.75 Å². The number of aryl methyl sites for hydroxylation is 1. The van der Waals surface area contributed by atoms with Crippen LogP contribution in [0.4, 0.5) is 10.8 Å². The number of hydrogen-bond acceptors (Lipinski definition) is 5. The number of anilines is 2. The van der Waals surface area contributed by atoms with Crippen molar-refractivity contribution in [3.05, 3.63) is 76.8 Å². The van der Waals surface area contributed by atoms with Crippen LogP contribution in [0.15, 0.2) is 60.7 Å². The fourth-order valence-corrected chi connectivity index (χ4v) is 3.84. The highest BCUT2D eigenvalue weighted by atomic mass is 32.1. The minimum absolute atomic E-state index is 0.183. The minimum atomic E-state index is 0.183. The van der Waals surface area contributed by atoms with Gasteiger partial charge in [-0.25, -0.2) is 0 Å². The summed E-state index contributed by atoms with van der Waals surface area (Å²) < 4.78 is 5.30. The van der Waals surface area contributed by atoms with Gasteiger partial charge in [0, 0.05) is 11.6 Å². The van der Waals surface area contributed by atoms with Crippen LogP contribution in [0.25, 0.3) is 10.8 Å². The maximum absolute atomic E-state index is 5.30. The number of methoxy groups -OCH3 is 1. The number of benzene rings is 3. The van der Waals surface area contributed by atoms with Gasteiger partial charge in [0.25, 0.3) is 0 Å². The van der Waals surface area contributed by atoms with E-state index in [0.29, 0.717) is 0 Å². The minimum Gasteiger partial charge on any atom is -0.497 e. The van der Waals surface area contributed by atoms with Gasteiger partial charge in [0.15, 0.2) is 0 Å². The van der Waals surface area contributed by atoms with Crippen LogP contribution in [0.2, 0.25) is 0 Å². The van der Waals surface area contributed by atoms with E-state index in [0.717, 1.165) is 21.6 Å². The molecule has 5 heteroatoms. The Bertz CT molecular complexity index is 1070. The van der Waals surface area contributed by atoms with E-state index in [2.05, 4.69) is 84.0 Å². The van der Waals surface area contributed by atoms with E-state index in [1.807, 2.05) is 6.07 Å². The zero-order valence-corrected chi connectivity index (χ0v) is 16.4. The Morgan fingerprint density at radius 3 is 2.44 bits per heavy atom. The molecule has 0 aliphatic heterocycles. The Labute approximate surface area is 162 Å². The lowest BCUT2D eigenvalue weighted by atomic mass is 9.98. The van der Waals surface area contributed by atoms with Crippen molar-refractivity contribution in [1.82, 2.24) is 10.2 Å². The van der Waals surface area contributed by atoms with Crippen molar-refractivity contribution in [2.45, 2.75) is 19.8 Å². The van der Waals surface area contributed by atoms with E-state index >= 15 is 0 Å². The van der Waals surface area contributed by atoms with Crippen LogP contribution in [0.1, 0.15) is 29.0 Å². The Balaban J connectivity index is 1.55. The van der Waals surface area contributed by atoms with Crippen molar-refractivity contribution in [2.24, 2.45) is 0 Å². The van der Waals surface area contributed by atoms with E-state index in [4.69, 9.17) is 4.74 Å². The first-order valence-electron chi connectivity index (χ1n) is 8.87. The molecule has 1 atom stereocenters. The van der Waals surface area contributed by atoms with Crippen molar-refractivity contribution >= 4 is 32.9 Å². The van der Waals surface area contributed by atoms with Crippen molar-refractivity contribution in [2.75, 3.05) is 12.4 Å². The molecule has 1 unspecified atom stereocenters. The molecule has 4 nitrogen and oxygen atoms in total. The molecule has 1 heterocycles. The van der Waals surface area contributed by atoms with E-state index < -0.39 is 0 Å². The molecule has 0 bridgehead atoms. The summed E-state index contributed by atoms with van der Waals surface area (Å²) in [5.74, 6) is 1.06. The number of nitrogens with one attached hydrogen (secondary N) is 1. The van der Waals surface area contributed by atoms with E-state index in [-0.39, 0.29) is 5.92 Å². The number of ether oxygens (including phenoxy) is 1. The number of hydrogen-bond donors (Lipinski definition) is 1. The van der Waals surface area contributed by atoms with Gasteiger partial charge in [0.2, 0.25) is 5.13 Å². The van der Waals surface area contributed by atoms with Gasteiger partial charge in [0.05, 0.1) is 7.11 Å². The van der Waals surface area contributed by atoms with Crippen molar-refractivity contribution in [1.29, 1.82) is 0 Å². The predicted molar refractivity (Wildman–Crippen MR) is 112 cm³/mol. The molecule has 0 amide bonds. The van der Waals surface area contributed by atoms with Crippen molar-refractivity contribution in [3.63, 3.8) is 0 Å². The SMILES string of the molecule is COc1ccc2cc(C(C)c3nnc(Nc4ccc(C)cc4)s3)ccc2c1. The molecule has 27 heavy (non-hydrogen) atoms. The van der Waals surface area contributed by atoms with Gasteiger partial charge in [-0.1, -0.05) is 60.2 Å². The normalized spacial score (nSPS) is 12.1. The predicted octanol–water partition coefficient (Wildman–Crippen LogP) is 5.90. The molecule has 1 aromatic heterocycles. The summed E-state index contributed by atoms with van der Waals surface area (Å²) in [7, 11) is 1.69. The average Bonchev–Trinajstić information content (AvgIpc) is 3.16. The molecule has 136 valence electrons. The van der Waals surface area contributed by atoms with Crippen LogP contribution < -0.4 is 10.1 Å². The van der Waals surface area contributed by atoms with Gasteiger partial charge in [-0.3, -0.25) is 0 Å². The third-order valence-electron chi connectivity index (χ3n) is 4.69. The molecule has 0 aliphatic carbocycles. The monoisotopic (exact) mass is 375 g/mol. The maximum Gasteiger partial charge on any atom is 0.210 e. The number of nitrogens with zero attached hydrogens (tertiary/aromatic N) is 2. The molecule has 0 radical (unpaired) electrons. The van der Waals surface area contributed by atoms with Gasteiger partial charge in [-0.15, -0.1) is 10.2 Å². The molecule has 0 saturated heterocycles. The molecule has 0 aliphatic rings. The lowest BCUT2D eigenvalue weighted by molar-refractivity contribution is 0.415.